The molecule has 2 heterocycles. The van der Waals surface area contributed by atoms with Crippen molar-refractivity contribution in [3.8, 4) is 0 Å². The van der Waals surface area contributed by atoms with Gasteiger partial charge < -0.3 is 5.11 Å². The summed E-state index contributed by atoms with van der Waals surface area (Å²) in [5.74, 6) is -3.31. The van der Waals surface area contributed by atoms with Crippen LogP contribution in [0.2, 0.25) is 0 Å². The maximum absolute atomic E-state index is 15.1. The fourth-order valence-corrected chi connectivity index (χ4v) is 6.70. The number of halogens is 2. The molecule has 1 aliphatic rings. The average molecular weight is 586 g/mol. The number of carbonyl (C=O) groups excluding carboxylic acids is 2. The van der Waals surface area contributed by atoms with E-state index in [0.29, 0.717) is 15.7 Å². The van der Waals surface area contributed by atoms with Crippen molar-refractivity contribution in [2.45, 2.75) is 23.1 Å². The molecule has 0 radical (unpaired) electrons. The molecule has 4 aromatic carbocycles. The summed E-state index contributed by atoms with van der Waals surface area (Å²) >= 11 is 2.51. The Balaban J connectivity index is 1.39. The van der Waals surface area contributed by atoms with Gasteiger partial charge in [0.15, 0.2) is 4.34 Å². The summed E-state index contributed by atoms with van der Waals surface area (Å²) in [4.78, 5) is 27.7. The first-order valence-electron chi connectivity index (χ1n) is 12.6. The highest BCUT2D eigenvalue weighted by atomic mass is 32.2. The second-order valence-electron chi connectivity index (χ2n) is 9.43. The number of hydrogen-bond donors (Lipinski definition) is 1. The number of ketones is 1. The molecule has 0 saturated carbocycles. The van der Waals surface area contributed by atoms with Crippen molar-refractivity contribution in [1.29, 1.82) is 0 Å². The molecule has 1 unspecified atom stereocenters. The van der Waals surface area contributed by atoms with Gasteiger partial charge in [-0.15, -0.1) is 10.2 Å². The first-order valence-corrected chi connectivity index (χ1v) is 14.4. The minimum absolute atomic E-state index is 0.00367. The van der Waals surface area contributed by atoms with E-state index in [9.17, 15) is 19.1 Å². The van der Waals surface area contributed by atoms with Crippen molar-refractivity contribution in [2.24, 2.45) is 0 Å². The van der Waals surface area contributed by atoms with Crippen molar-refractivity contribution in [3.05, 3.63) is 124 Å². The summed E-state index contributed by atoms with van der Waals surface area (Å²) < 4.78 is 30.0. The maximum atomic E-state index is 15.1. The Morgan fingerprint density at radius 2 is 1.71 bits per heavy atom. The minimum atomic E-state index is -1.33. The first-order chi connectivity index (χ1) is 19.8. The average Bonchev–Trinajstić information content (AvgIpc) is 3.55. The van der Waals surface area contributed by atoms with Crippen molar-refractivity contribution in [1.82, 2.24) is 10.2 Å². The van der Waals surface area contributed by atoms with Crippen LogP contribution in [0.15, 0.2) is 94.8 Å². The van der Waals surface area contributed by atoms with Crippen LogP contribution in [0.1, 0.15) is 28.3 Å². The Morgan fingerprint density at radius 1 is 0.951 bits per heavy atom. The molecule has 1 fully saturated rings. The van der Waals surface area contributed by atoms with Gasteiger partial charge in [-0.3, -0.25) is 14.5 Å². The summed E-state index contributed by atoms with van der Waals surface area (Å²) in [5, 5.41) is 21.9. The Kier molecular flexibility index (Phi) is 7.10. The lowest BCUT2D eigenvalue weighted by Crippen LogP contribution is -2.29. The molecule has 1 aromatic heterocycles. The highest BCUT2D eigenvalue weighted by molar-refractivity contribution is 8.00. The molecule has 1 atom stereocenters. The third-order valence-corrected chi connectivity index (χ3v) is 9.03. The molecule has 1 amide bonds. The fourth-order valence-electron chi connectivity index (χ4n) is 4.83. The number of aryl methyl sites for hydroxylation is 1. The third kappa shape index (κ3) is 4.89. The zero-order chi connectivity index (χ0) is 28.7. The van der Waals surface area contributed by atoms with Gasteiger partial charge >= 0.3 is 5.91 Å². The highest BCUT2D eigenvalue weighted by Crippen LogP contribution is 2.44. The Bertz CT molecular complexity index is 1870. The lowest BCUT2D eigenvalue weighted by molar-refractivity contribution is -0.132. The number of carbonyl (C=O) groups is 2. The SMILES string of the molecule is Cc1ccc(C(O)=C2C(=O)C(=O)N(c3nnc(SCc4cccc5ccccc45)s3)C2c2ccccc2F)cc1F. The van der Waals surface area contributed by atoms with E-state index < -0.39 is 35.1 Å². The highest BCUT2D eigenvalue weighted by Gasteiger charge is 2.49. The van der Waals surface area contributed by atoms with Crippen LogP contribution >= 0.6 is 23.1 Å². The second kappa shape index (κ2) is 10.9. The predicted molar refractivity (Wildman–Crippen MR) is 156 cm³/mol. The number of fused-ring (bicyclic) bond motifs is 1. The number of hydrogen-bond acceptors (Lipinski definition) is 7. The first kappa shape index (κ1) is 26.8. The van der Waals surface area contributed by atoms with Crippen LogP contribution in [0.25, 0.3) is 16.5 Å². The molecule has 0 aliphatic carbocycles. The van der Waals surface area contributed by atoms with Crippen molar-refractivity contribution in [2.75, 3.05) is 4.90 Å². The Hall–Kier alpha value is -4.41. The van der Waals surface area contributed by atoms with Crippen LogP contribution in [-0.4, -0.2) is 27.0 Å². The second-order valence-corrected chi connectivity index (χ2v) is 11.6. The quantitative estimate of drug-likeness (QED) is 0.0746. The van der Waals surface area contributed by atoms with Crippen molar-refractivity contribution in [3.63, 3.8) is 0 Å². The molecule has 6 nitrogen and oxygen atoms in total. The zero-order valence-corrected chi connectivity index (χ0v) is 23.2. The van der Waals surface area contributed by atoms with E-state index in [0.717, 1.165) is 38.6 Å². The van der Waals surface area contributed by atoms with Gasteiger partial charge in [-0.25, -0.2) is 8.78 Å². The van der Waals surface area contributed by atoms with Gasteiger partial charge in [-0.1, -0.05) is 95.9 Å². The van der Waals surface area contributed by atoms with Crippen LogP contribution in [0, 0.1) is 18.6 Å². The number of rotatable bonds is 6. The Morgan fingerprint density at radius 3 is 2.51 bits per heavy atom. The van der Waals surface area contributed by atoms with E-state index in [1.807, 2.05) is 42.5 Å². The lowest BCUT2D eigenvalue weighted by atomic mass is 9.94. The molecule has 1 aliphatic heterocycles. The maximum Gasteiger partial charge on any atom is 0.301 e. The van der Waals surface area contributed by atoms with Gasteiger partial charge in [-0.2, -0.15) is 0 Å². The van der Waals surface area contributed by atoms with E-state index in [1.165, 1.54) is 42.1 Å². The van der Waals surface area contributed by atoms with Gasteiger partial charge in [0.2, 0.25) is 5.13 Å². The number of amides is 1. The molecule has 0 spiro atoms. The number of aliphatic hydroxyl groups excluding tert-OH is 1. The van der Waals surface area contributed by atoms with Gasteiger partial charge in [0.25, 0.3) is 5.78 Å². The van der Waals surface area contributed by atoms with Crippen LogP contribution in [0.5, 0.6) is 0 Å². The molecule has 1 N–H and O–H groups in total. The zero-order valence-electron chi connectivity index (χ0n) is 21.5. The summed E-state index contributed by atoms with van der Waals surface area (Å²) in [6, 6.07) is 22.4. The van der Waals surface area contributed by atoms with Gasteiger partial charge in [0, 0.05) is 16.9 Å². The standard InChI is InChI=1S/C31H21F2N3O3S2/c1-17-13-14-19(15-24(17)33)27(37)25-26(22-11-4-5-12-23(22)32)36(29(39)28(25)38)30-34-35-31(41-30)40-16-20-9-6-8-18-7-2-3-10-21(18)20/h2-15,26,37H,16H2,1H3. The number of aromatic nitrogens is 2. The normalized spacial score (nSPS) is 16.6. The monoisotopic (exact) mass is 585 g/mol. The largest absolute Gasteiger partial charge is 0.507 e. The molecular formula is C31H21F2N3O3S2. The summed E-state index contributed by atoms with van der Waals surface area (Å²) in [6.45, 7) is 1.56. The number of nitrogens with zero attached hydrogens (tertiary/aromatic N) is 3. The van der Waals surface area contributed by atoms with Gasteiger partial charge in [0.05, 0.1) is 5.57 Å². The topological polar surface area (TPSA) is 83.4 Å². The fraction of sp³-hybridized carbons (Fsp3) is 0.0968. The van der Waals surface area contributed by atoms with Gasteiger partial charge in [-0.05, 0) is 41.0 Å². The number of aliphatic hydroxyl groups is 1. The van der Waals surface area contributed by atoms with Crippen LogP contribution < -0.4 is 4.90 Å². The number of benzene rings is 4. The molecule has 204 valence electrons. The lowest BCUT2D eigenvalue weighted by Gasteiger charge is -2.22. The van der Waals surface area contributed by atoms with E-state index in [-0.39, 0.29) is 21.8 Å². The van der Waals surface area contributed by atoms with Crippen molar-refractivity contribution >= 4 is 56.5 Å². The van der Waals surface area contributed by atoms with Crippen LogP contribution in [0.4, 0.5) is 13.9 Å². The van der Waals surface area contributed by atoms with E-state index in [1.54, 1.807) is 13.0 Å². The van der Waals surface area contributed by atoms with E-state index in [4.69, 9.17) is 0 Å². The molecule has 10 heteroatoms. The number of anilines is 1. The molecule has 41 heavy (non-hydrogen) atoms. The molecule has 5 aromatic rings. The summed E-state index contributed by atoms with van der Waals surface area (Å²) in [7, 11) is 0. The smallest absolute Gasteiger partial charge is 0.301 e. The van der Waals surface area contributed by atoms with Crippen LogP contribution in [-0.2, 0) is 15.3 Å². The van der Waals surface area contributed by atoms with Crippen LogP contribution in [0.3, 0.4) is 0 Å². The molecular weight excluding hydrogens is 564 g/mol. The van der Waals surface area contributed by atoms with E-state index >= 15 is 4.39 Å². The number of thioether (sulfide) groups is 1. The molecule has 6 rings (SSSR count). The molecule has 1 saturated heterocycles. The Labute approximate surface area is 242 Å². The molecule has 0 bridgehead atoms. The number of Topliss-reactive ketones (excluding diaryl/α,β-unsaturated/α-hetero) is 1. The van der Waals surface area contributed by atoms with Crippen molar-refractivity contribution < 1.29 is 23.5 Å². The summed E-state index contributed by atoms with van der Waals surface area (Å²) in [6.07, 6.45) is 0. The third-order valence-electron chi connectivity index (χ3n) is 6.92. The summed E-state index contributed by atoms with van der Waals surface area (Å²) in [5.41, 5.74) is 1.07. The predicted octanol–water partition coefficient (Wildman–Crippen LogP) is 7.20. The van der Waals surface area contributed by atoms with Gasteiger partial charge in [0.1, 0.15) is 23.4 Å². The van der Waals surface area contributed by atoms with E-state index in [2.05, 4.69) is 10.2 Å². The minimum Gasteiger partial charge on any atom is -0.507 e.